The minimum absolute atomic E-state index is 0.171. The molecule has 0 aromatic heterocycles. The molecule has 1 aromatic rings. The number of hydrogen-bond acceptors (Lipinski definition) is 4. The highest BCUT2D eigenvalue weighted by atomic mass is 16.5. The van der Waals surface area contributed by atoms with Crippen LogP contribution in [0.2, 0.25) is 0 Å². The summed E-state index contributed by atoms with van der Waals surface area (Å²) >= 11 is 0. The number of methoxy groups -OCH3 is 2. The van der Waals surface area contributed by atoms with Gasteiger partial charge in [0.1, 0.15) is 0 Å². The van der Waals surface area contributed by atoms with Gasteiger partial charge in [-0.1, -0.05) is 13.0 Å². The molecule has 4 heteroatoms. The van der Waals surface area contributed by atoms with Crippen molar-refractivity contribution in [3.8, 4) is 11.5 Å². The van der Waals surface area contributed by atoms with Gasteiger partial charge < -0.3 is 20.5 Å². The molecule has 0 saturated heterocycles. The molecular formula is C16H26N2O2. The summed E-state index contributed by atoms with van der Waals surface area (Å²) in [5.74, 6) is 2.32. The second-order valence-corrected chi connectivity index (χ2v) is 5.68. The molecular weight excluding hydrogens is 252 g/mol. The van der Waals surface area contributed by atoms with Crippen molar-refractivity contribution in [2.45, 2.75) is 38.3 Å². The number of ether oxygens (including phenoxy) is 2. The van der Waals surface area contributed by atoms with Crippen LogP contribution >= 0.6 is 0 Å². The van der Waals surface area contributed by atoms with Crippen molar-refractivity contribution in [2.24, 2.45) is 11.7 Å². The second-order valence-electron chi connectivity index (χ2n) is 5.68. The lowest BCUT2D eigenvalue weighted by Gasteiger charge is -2.23. The zero-order valence-electron chi connectivity index (χ0n) is 12.7. The van der Waals surface area contributed by atoms with Crippen molar-refractivity contribution in [1.29, 1.82) is 0 Å². The SMILES string of the molecule is COc1ccc(C(CN)NC2CCC(C)C2)cc1OC. The monoisotopic (exact) mass is 278 g/mol. The molecule has 1 saturated carbocycles. The molecule has 3 N–H and O–H groups in total. The molecule has 112 valence electrons. The Morgan fingerprint density at radius 1 is 1.25 bits per heavy atom. The maximum Gasteiger partial charge on any atom is 0.161 e. The summed E-state index contributed by atoms with van der Waals surface area (Å²) < 4.78 is 10.6. The molecule has 0 radical (unpaired) electrons. The maximum atomic E-state index is 5.95. The summed E-state index contributed by atoms with van der Waals surface area (Å²) in [4.78, 5) is 0. The molecule has 0 bridgehead atoms. The molecule has 1 aromatic carbocycles. The molecule has 0 heterocycles. The van der Waals surface area contributed by atoms with Gasteiger partial charge in [0.2, 0.25) is 0 Å². The van der Waals surface area contributed by atoms with Crippen LogP contribution in [0.1, 0.15) is 37.8 Å². The highest BCUT2D eigenvalue weighted by Crippen LogP contribution is 2.31. The summed E-state index contributed by atoms with van der Waals surface area (Å²) in [7, 11) is 3.31. The Hall–Kier alpha value is -1.26. The van der Waals surface area contributed by atoms with Crippen LogP contribution in [0.4, 0.5) is 0 Å². The van der Waals surface area contributed by atoms with Crippen LogP contribution in [0.5, 0.6) is 11.5 Å². The smallest absolute Gasteiger partial charge is 0.161 e. The first-order valence-electron chi connectivity index (χ1n) is 7.36. The minimum Gasteiger partial charge on any atom is -0.493 e. The maximum absolute atomic E-state index is 5.95. The largest absolute Gasteiger partial charge is 0.493 e. The lowest BCUT2D eigenvalue weighted by atomic mass is 10.0. The highest BCUT2D eigenvalue weighted by molar-refractivity contribution is 5.43. The van der Waals surface area contributed by atoms with Gasteiger partial charge in [0.25, 0.3) is 0 Å². The third-order valence-corrected chi connectivity index (χ3v) is 4.18. The first kappa shape index (κ1) is 15.1. The van der Waals surface area contributed by atoms with E-state index in [4.69, 9.17) is 15.2 Å². The van der Waals surface area contributed by atoms with E-state index in [1.165, 1.54) is 19.3 Å². The molecule has 2 rings (SSSR count). The average Bonchev–Trinajstić information content (AvgIpc) is 2.89. The number of hydrogen-bond donors (Lipinski definition) is 2. The molecule has 1 fully saturated rings. The van der Waals surface area contributed by atoms with Gasteiger partial charge in [-0.3, -0.25) is 0 Å². The number of benzene rings is 1. The first-order valence-corrected chi connectivity index (χ1v) is 7.36. The Kier molecular flexibility index (Phi) is 5.26. The Labute approximate surface area is 121 Å². The molecule has 0 spiro atoms. The fraction of sp³-hybridized carbons (Fsp3) is 0.625. The van der Waals surface area contributed by atoms with Crippen LogP contribution in [0, 0.1) is 5.92 Å². The average molecular weight is 278 g/mol. The predicted octanol–water partition coefficient (Wildman–Crippen LogP) is 2.48. The van der Waals surface area contributed by atoms with Crippen LogP contribution < -0.4 is 20.5 Å². The van der Waals surface area contributed by atoms with Gasteiger partial charge in [-0.2, -0.15) is 0 Å². The first-order chi connectivity index (χ1) is 9.67. The molecule has 3 unspecified atom stereocenters. The van der Waals surface area contributed by atoms with Crippen molar-refractivity contribution in [1.82, 2.24) is 5.32 Å². The van der Waals surface area contributed by atoms with E-state index in [-0.39, 0.29) is 6.04 Å². The zero-order chi connectivity index (χ0) is 14.5. The molecule has 20 heavy (non-hydrogen) atoms. The van der Waals surface area contributed by atoms with E-state index in [9.17, 15) is 0 Å². The van der Waals surface area contributed by atoms with Crippen LogP contribution in [0.15, 0.2) is 18.2 Å². The second kappa shape index (κ2) is 6.95. The van der Waals surface area contributed by atoms with E-state index >= 15 is 0 Å². The Bertz CT molecular complexity index is 436. The van der Waals surface area contributed by atoms with Gasteiger partial charge in [0.05, 0.1) is 14.2 Å². The molecule has 0 amide bonds. The van der Waals surface area contributed by atoms with E-state index in [0.29, 0.717) is 12.6 Å². The van der Waals surface area contributed by atoms with Crippen molar-refractivity contribution < 1.29 is 9.47 Å². The van der Waals surface area contributed by atoms with Crippen LogP contribution in [-0.4, -0.2) is 26.8 Å². The van der Waals surface area contributed by atoms with E-state index in [1.807, 2.05) is 12.1 Å². The van der Waals surface area contributed by atoms with Crippen molar-refractivity contribution >= 4 is 0 Å². The lowest BCUT2D eigenvalue weighted by molar-refractivity contribution is 0.353. The number of rotatable bonds is 6. The summed E-state index contributed by atoms with van der Waals surface area (Å²) in [6.45, 7) is 2.90. The fourth-order valence-corrected chi connectivity index (χ4v) is 3.01. The van der Waals surface area contributed by atoms with Crippen LogP contribution in [-0.2, 0) is 0 Å². The summed E-state index contributed by atoms with van der Waals surface area (Å²) in [5, 5.41) is 3.68. The van der Waals surface area contributed by atoms with Gasteiger partial charge in [0.15, 0.2) is 11.5 Å². The quantitative estimate of drug-likeness (QED) is 0.839. The Morgan fingerprint density at radius 3 is 2.55 bits per heavy atom. The summed E-state index contributed by atoms with van der Waals surface area (Å²) in [6.07, 6.45) is 3.79. The third-order valence-electron chi connectivity index (χ3n) is 4.18. The van der Waals surface area contributed by atoms with Gasteiger partial charge in [0, 0.05) is 18.6 Å². The predicted molar refractivity (Wildman–Crippen MR) is 81.3 cm³/mol. The Morgan fingerprint density at radius 2 is 2.00 bits per heavy atom. The van der Waals surface area contributed by atoms with E-state index in [1.54, 1.807) is 14.2 Å². The topological polar surface area (TPSA) is 56.5 Å². The van der Waals surface area contributed by atoms with Crippen molar-refractivity contribution in [3.63, 3.8) is 0 Å². The van der Waals surface area contributed by atoms with Gasteiger partial charge in [-0.25, -0.2) is 0 Å². The zero-order valence-corrected chi connectivity index (χ0v) is 12.7. The fourth-order valence-electron chi connectivity index (χ4n) is 3.01. The van der Waals surface area contributed by atoms with Gasteiger partial charge in [-0.15, -0.1) is 0 Å². The molecule has 0 aliphatic heterocycles. The molecule has 3 atom stereocenters. The summed E-state index contributed by atoms with van der Waals surface area (Å²) in [5.41, 5.74) is 7.10. The number of nitrogens with one attached hydrogen (secondary N) is 1. The highest BCUT2D eigenvalue weighted by Gasteiger charge is 2.24. The normalized spacial score (nSPS) is 23.6. The molecule has 4 nitrogen and oxygen atoms in total. The van der Waals surface area contributed by atoms with Crippen molar-refractivity contribution in [2.75, 3.05) is 20.8 Å². The lowest BCUT2D eigenvalue weighted by Crippen LogP contribution is -2.35. The van der Waals surface area contributed by atoms with Crippen molar-refractivity contribution in [3.05, 3.63) is 23.8 Å². The van der Waals surface area contributed by atoms with Gasteiger partial charge >= 0.3 is 0 Å². The Balaban J connectivity index is 2.10. The van der Waals surface area contributed by atoms with E-state index < -0.39 is 0 Å². The summed E-state index contributed by atoms with van der Waals surface area (Å²) in [6, 6.07) is 6.76. The standard InChI is InChI=1S/C16H26N2O2/c1-11-4-6-13(8-11)18-14(10-17)12-5-7-15(19-2)16(9-12)20-3/h5,7,9,11,13-14,18H,4,6,8,10,17H2,1-3H3. The van der Waals surface area contributed by atoms with E-state index in [0.717, 1.165) is 23.0 Å². The van der Waals surface area contributed by atoms with Gasteiger partial charge in [-0.05, 0) is 42.9 Å². The minimum atomic E-state index is 0.171. The van der Waals surface area contributed by atoms with Crippen LogP contribution in [0.25, 0.3) is 0 Å². The number of nitrogens with two attached hydrogens (primary N) is 1. The molecule has 1 aliphatic rings. The van der Waals surface area contributed by atoms with E-state index in [2.05, 4.69) is 18.3 Å². The van der Waals surface area contributed by atoms with Crippen LogP contribution in [0.3, 0.4) is 0 Å². The third kappa shape index (κ3) is 3.44. The molecule has 1 aliphatic carbocycles.